The van der Waals surface area contributed by atoms with Gasteiger partial charge < -0.3 is 15.5 Å². The van der Waals surface area contributed by atoms with E-state index in [1.807, 2.05) is 11.0 Å². The number of likely N-dealkylation sites (tertiary alicyclic amines) is 1. The van der Waals surface area contributed by atoms with Crippen LogP contribution in [0.2, 0.25) is 0 Å². The highest BCUT2D eigenvalue weighted by atomic mass is 35.5. The van der Waals surface area contributed by atoms with Crippen LogP contribution in [0.25, 0.3) is 0 Å². The molecule has 1 aromatic heterocycles. The number of hydrogen-bond acceptors (Lipinski definition) is 5. The minimum Gasteiger partial charge on any atom is -0.355 e. The van der Waals surface area contributed by atoms with Crippen LogP contribution in [0.3, 0.4) is 0 Å². The molecular formula is C15H25Cl2N5O. The highest BCUT2D eigenvalue weighted by Crippen LogP contribution is 2.20. The Balaban J connectivity index is 0.00000132. The van der Waals surface area contributed by atoms with Crippen LogP contribution in [0.4, 0.5) is 5.82 Å². The van der Waals surface area contributed by atoms with Crippen LogP contribution in [0, 0.1) is 0 Å². The monoisotopic (exact) mass is 361 g/mol. The maximum atomic E-state index is 12.6. The molecule has 130 valence electrons. The highest BCUT2D eigenvalue weighted by Gasteiger charge is 2.27. The molecule has 23 heavy (non-hydrogen) atoms. The molecular weight excluding hydrogens is 337 g/mol. The highest BCUT2D eigenvalue weighted by molar-refractivity contribution is 5.92. The van der Waals surface area contributed by atoms with E-state index in [1.165, 1.54) is 12.8 Å². The van der Waals surface area contributed by atoms with Gasteiger partial charge in [-0.05, 0) is 44.2 Å². The summed E-state index contributed by atoms with van der Waals surface area (Å²) in [5.74, 6) is 0.837. The van der Waals surface area contributed by atoms with Gasteiger partial charge >= 0.3 is 0 Å². The first-order valence-corrected chi connectivity index (χ1v) is 7.89. The average molecular weight is 362 g/mol. The minimum absolute atomic E-state index is 0. The number of nitrogens with two attached hydrogens (primary N) is 1. The summed E-state index contributed by atoms with van der Waals surface area (Å²) in [7, 11) is 0. The number of amides is 1. The Bertz CT molecular complexity index is 493. The molecule has 2 fully saturated rings. The second kappa shape index (κ2) is 9.25. The van der Waals surface area contributed by atoms with Crippen molar-refractivity contribution < 1.29 is 4.79 Å². The molecule has 1 aromatic rings. The summed E-state index contributed by atoms with van der Waals surface area (Å²) in [5, 5.41) is 8.37. The zero-order chi connectivity index (χ0) is 14.7. The van der Waals surface area contributed by atoms with Crippen LogP contribution < -0.4 is 10.6 Å². The van der Waals surface area contributed by atoms with Crippen molar-refractivity contribution in [2.24, 2.45) is 5.73 Å². The molecule has 0 spiro atoms. The zero-order valence-electron chi connectivity index (χ0n) is 13.2. The normalized spacial score (nSPS) is 20.7. The summed E-state index contributed by atoms with van der Waals surface area (Å²) in [6.45, 7) is 3.36. The molecule has 0 bridgehead atoms. The first-order chi connectivity index (χ1) is 10.3. The molecule has 2 aliphatic rings. The molecule has 0 aromatic carbocycles. The van der Waals surface area contributed by atoms with Crippen LogP contribution >= 0.6 is 24.8 Å². The number of carbonyl (C=O) groups is 1. The van der Waals surface area contributed by atoms with Crippen molar-refractivity contribution in [2.75, 3.05) is 31.1 Å². The number of aromatic nitrogens is 2. The van der Waals surface area contributed by atoms with E-state index in [0.717, 1.165) is 44.7 Å². The molecule has 2 saturated heterocycles. The number of hydrogen-bond donors (Lipinski definition) is 1. The Morgan fingerprint density at radius 3 is 2.39 bits per heavy atom. The van der Waals surface area contributed by atoms with E-state index in [4.69, 9.17) is 5.73 Å². The number of nitrogens with zero attached hydrogens (tertiary/aromatic N) is 4. The number of rotatable bonds is 3. The van der Waals surface area contributed by atoms with Crippen molar-refractivity contribution >= 4 is 36.5 Å². The van der Waals surface area contributed by atoms with Crippen molar-refractivity contribution in [3.8, 4) is 0 Å². The molecule has 0 aliphatic carbocycles. The predicted octanol–water partition coefficient (Wildman–Crippen LogP) is 1.87. The van der Waals surface area contributed by atoms with Gasteiger partial charge in [-0.2, -0.15) is 0 Å². The Morgan fingerprint density at radius 1 is 1.09 bits per heavy atom. The summed E-state index contributed by atoms with van der Waals surface area (Å²) >= 11 is 0. The largest absolute Gasteiger partial charge is 0.355 e. The fourth-order valence-electron chi connectivity index (χ4n) is 3.21. The van der Waals surface area contributed by atoms with E-state index in [1.54, 1.807) is 6.07 Å². The van der Waals surface area contributed by atoms with Crippen molar-refractivity contribution in [3.63, 3.8) is 0 Å². The molecule has 6 nitrogen and oxygen atoms in total. The van der Waals surface area contributed by atoms with Gasteiger partial charge in [0.25, 0.3) is 5.91 Å². The second-order valence-corrected chi connectivity index (χ2v) is 5.85. The summed E-state index contributed by atoms with van der Waals surface area (Å²) in [5.41, 5.74) is 6.21. The van der Waals surface area contributed by atoms with Crippen LogP contribution in [0.5, 0.6) is 0 Å². The Hall–Kier alpha value is -1.11. The summed E-state index contributed by atoms with van der Waals surface area (Å²) in [6, 6.07) is 3.85. The van der Waals surface area contributed by atoms with Gasteiger partial charge in [-0.15, -0.1) is 35.0 Å². The lowest BCUT2D eigenvalue weighted by Gasteiger charge is -2.34. The van der Waals surface area contributed by atoms with Gasteiger partial charge in [-0.1, -0.05) is 0 Å². The van der Waals surface area contributed by atoms with E-state index in [9.17, 15) is 4.79 Å². The fourth-order valence-corrected chi connectivity index (χ4v) is 3.21. The Morgan fingerprint density at radius 2 is 1.78 bits per heavy atom. The van der Waals surface area contributed by atoms with Gasteiger partial charge in [-0.25, -0.2) is 0 Å². The number of halogens is 2. The van der Waals surface area contributed by atoms with E-state index < -0.39 is 0 Å². The van der Waals surface area contributed by atoms with Gasteiger partial charge in [0.2, 0.25) is 0 Å². The predicted molar refractivity (Wildman–Crippen MR) is 95.7 cm³/mol. The van der Waals surface area contributed by atoms with Gasteiger partial charge in [0.15, 0.2) is 11.5 Å². The lowest BCUT2D eigenvalue weighted by Crippen LogP contribution is -2.47. The molecule has 1 amide bonds. The molecule has 3 rings (SSSR count). The zero-order valence-corrected chi connectivity index (χ0v) is 14.8. The molecule has 1 atom stereocenters. The summed E-state index contributed by atoms with van der Waals surface area (Å²) in [6.07, 6.45) is 5.58. The second-order valence-electron chi connectivity index (χ2n) is 5.85. The third kappa shape index (κ3) is 4.46. The maximum absolute atomic E-state index is 12.6. The van der Waals surface area contributed by atoms with E-state index in [0.29, 0.717) is 12.2 Å². The maximum Gasteiger partial charge on any atom is 0.274 e. The summed E-state index contributed by atoms with van der Waals surface area (Å²) in [4.78, 5) is 16.6. The van der Waals surface area contributed by atoms with Crippen LogP contribution in [0.1, 0.15) is 42.6 Å². The molecule has 1 unspecified atom stereocenters. The Labute approximate surface area is 149 Å². The van der Waals surface area contributed by atoms with Crippen molar-refractivity contribution in [1.82, 2.24) is 15.1 Å². The Kier molecular flexibility index (Phi) is 8.02. The van der Waals surface area contributed by atoms with Crippen LogP contribution in [-0.4, -0.2) is 53.2 Å². The lowest BCUT2D eigenvalue weighted by molar-refractivity contribution is 0.0616. The number of carbonyl (C=O) groups excluding carboxylic acids is 1. The van der Waals surface area contributed by atoms with E-state index >= 15 is 0 Å². The van der Waals surface area contributed by atoms with Gasteiger partial charge in [-0.3, -0.25) is 4.79 Å². The van der Waals surface area contributed by atoms with Gasteiger partial charge in [0.1, 0.15) is 0 Å². The van der Waals surface area contributed by atoms with Gasteiger partial charge in [0.05, 0.1) is 0 Å². The topological polar surface area (TPSA) is 75.3 Å². The lowest BCUT2D eigenvalue weighted by atomic mass is 10.0. The third-order valence-electron chi connectivity index (χ3n) is 4.46. The molecule has 2 N–H and O–H groups in total. The molecule has 8 heteroatoms. The third-order valence-corrected chi connectivity index (χ3v) is 4.46. The van der Waals surface area contributed by atoms with Gasteiger partial charge in [0, 0.05) is 32.2 Å². The smallest absolute Gasteiger partial charge is 0.274 e. The first-order valence-electron chi connectivity index (χ1n) is 7.89. The van der Waals surface area contributed by atoms with Crippen LogP contribution in [-0.2, 0) is 0 Å². The van der Waals surface area contributed by atoms with Crippen molar-refractivity contribution in [1.29, 1.82) is 0 Å². The molecule has 0 radical (unpaired) electrons. The number of anilines is 1. The molecule has 2 aliphatic heterocycles. The number of piperidine rings is 1. The SMILES string of the molecule is Cl.Cl.NCC1CCCCN1C(=O)c1ccc(N2CCCC2)nn1. The van der Waals surface area contributed by atoms with E-state index in [2.05, 4.69) is 15.1 Å². The minimum atomic E-state index is -0.0365. The molecule has 3 heterocycles. The standard InChI is InChI=1S/C15H23N5O.2ClH/c16-11-12-5-1-2-10-20(12)15(21)13-6-7-14(18-17-13)19-8-3-4-9-19;;/h6-7,12H,1-5,8-11,16H2;2*1H. The fraction of sp³-hybridized carbons (Fsp3) is 0.667. The quantitative estimate of drug-likeness (QED) is 0.889. The summed E-state index contributed by atoms with van der Waals surface area (Å²) < 4.78 is 0. The average Bonchev–Trinajstić information content (AvgIpc) is 3.09. The van der Waals surface area contributed by atoms with Crippen LogP contribution in [0.15, 0.2) is 12.1 Å². The van der Waals surface area contributed by atoms with Crippen molar-refractivity contribution in [2.45, 2.75) is 38.1 Å². The van der Waals surface area contributed by atoms with E-state index in [-0.39, 0.29) is 36.8 Å². The first kappa shape index (κ1) is 19.9. The molecule has 0 saturated carbocycles. The van der Waals surface area contributed by atoms with Crippen molar-refractivity contribution in [3.05, 3.63) is 17.8 Å².